The van der Waals surface area contributed by atoms with E-state index in [1.807, 2.05) is 6.20 Å². The predicted molar refractivity (Wildman–Crippen MR) is 60.5 cm³/mol. The molecule has 0 aromatic carbocycles. The minimum Gasteiger partial charge on any atom is -0.335 e. The van der Waals surface area contributed by atoms with Crippen molar-refractivity contribution in [2.75, 3.05) is 12.0 Å². The van der Waals surface area contributed by atoms with Crippen LogP contribution in [-0.2, 0) is 22.8 Å². The minimum atomic E-state index is -2.81. The van der Waals surface area contributed by atoms with E-state index in [-0.39, 0.29) is 5.75 Å². The average molecular weight is 230 g/mol. The standard InChI is InChI=1S/C10H18N2O2S/c1-3-10-11-6-8-12(10)7-4-5-9-15(2,13)14/h6,8H,3-5,7,9H2,1-2H3. The highest BCUT2D eigenvalue weighted by molar-refractivity contribution is 7.90. The van der Waals surface area contributed by atoms with Crippen molar-refractivity contribution in [3.63, 3.8) is 0 Å². The number of imidazole rings is 1. The molecule has 0 saturated heterocycles. The van der Waals surface area contributed by atoms with Crippen LogP contribution in [0.3, 0.4) is 0 Å². The van der Waals surface area contributed by atoms with E-state index in [1.54, 1.807) is 6.20 Å². The number of hydrogen-bond acceptors (Lipinski definition) is 3. The molecule has 1 aromatic heterocycles. The lowest BCUT2D eigenvalue weighted by molar-refractivity contribution is 0.581. The summed E-state index contributed by atoms with van der Waals surface area (Å²) < 4.78 is 23.9. The Morgan fingerprint density at radius 3 is 2.73 bits per heavy atom. The molecule has 15 heavy (non-hydrogen) atoms. The van der Waals surface area contributed by atoms with Crippen molar-refractivity contribution in [1.82, 2.24) is 9.55 Å². The summed E-state index contributed by atoms with van der Waals surface area (Å²) in [6, 6.07) is 0. The quantitative estimate of drug-likeness (QED) is 0.692. The largest absolute Gasteiger partial charge is 0.335 e. The van der Waals surface area contributed by atoms with Crippen LogP contribution in [-0.4, -0.2) is 30.0 Å². The maximum atomic E-state index is 10.9. The lowest BCUT2D eigenvalue weighted by Gasteiger charge is -2.05. The summed E-state index contributed by atoms with van der Waals surface area (Å²) in [5.41, 5.74) is 0. The molecule has 0 N–H and O–H groups in total. The third-order valence-electron chi connectivity index (χ3n) is 2.28. The second-order valence-electron chi connectivity index (χ2n) is 3.73. The fraction of sp³-hybridized carbons (Fsp3) is 0.700. The highest BCUT2D eigenvalue weighted by Gasteiger charge is 2.03. The molecule has 0 fully saturated rings. The average Bonchev–Trinajstić information content (AvgIpc) is 2.58. The number of nitrogens with zero attached hydrogens (tertiary/aromatic N) is 2. The van der Waals surface area contributed by atoms with E-state index >= 15 is 0 Å². The number of sulfone groups is 1. The molecule has 5 heteroatoms. The Balaban J connectivity index is 2.32. The van der Waals surface area contributed by atoms with E-state index < -0.39 is 9.84 Å². The summed E-state index contributed by atoms with van der Waals surface area (Å²) in [7, 11) is -2.81. The van der Waals surface area contributed by atoms with Crippen LogP contribution < -0.4 is 0 Å². The molecule has 0 radical (unpaired) electrons. The number of rotatable bonds is 6. The van der Waals surface area contributed by atoms with Crippen LogP contribution in [0.15, 0.2) is 12.4 Å². The topological polar surface area (TPSA) is 52.0 Å². The van der Waals surface area contributed by atoms with Gasteiger partial charge >= 0.3 is 0 Å². The molecule has 0 aliphatic carbocycles. The van der Waals surface area contributed by atoms with E-state index in [0.29, 0.717) is 0 Å². The number of aromatic nitrogens is 2. The molecule has 4 nitrogen and oxygen atoms in total. The molecule has 0 saturated carbocycles. The highest BCUT2D eigenvalue weighted by atomic mass is 32.2. The number of hydrogen-bond donors (Lipinski definition) is 0. The van der Waals surface area contributed by atoms with E-state index in [1.165, 1.54) is 6.26 Å². The van der Waals surface area contributed by atoms with Gasteiger partial charge in [-0.3, -0.25) is 0 Å². The van der Waals surface area contributed by atoms with Gasteiger partial charge in [-0.2, -0.15) is 0 Å². The fourth-order valence-electron chi connectivity index (χ4n) is 1.50. The Labute approximate surface area is 91.3 Å². The van der Waals surface area contributed by atoms with Gasteiger partial charge in [-0.25, -0.2) is 13.4 Å². The zero-order chi connectivity index (χ0) is 11.3. The van der Waals surface area contributed by atoms with Gasteiger partial charge < -0.3 is 4.57 Å². The van der Waals surface area contributed by atoms with Crippen molar-refractivity contribution < 1.29 is 8.42 Å². The van der Waals surface area contributed by atoms with Crippen molar-refractivity contribution in [3.05, 3.63) is 18.2 Å². The van der Waals surface area contributed by atoms with Crippen LogP contribution in [0.25, 0.3) is 0 Å². The molecule has 0 bridgehead atoms. The van der Waals surface area contributed by atoms with Crippen molar-refractivity contribution in [3.8, 4) is 0 Å². The van der Waals surface area contributed by atoms with Gasteiger partial charge in [0.15, 0.2) is 0 Å². The van der Waals surface area contributed by atoms with Crippen molar-refractivity contribution in [2.24, 2.45) is 0 Å². The third-order valence-corrected chi connectivity index (χ3v) is 3.31. The molecule has 0 aliphatic heterocycles. The smallest absolute Gasteiger partial charge is 0.147 e. The SMILES string of the molecule is CCc1nccn1CCCCS(C)(=O)=O. The predicted octanol–water partition coefficient (Wildman–Crippen LogP) is 1.27. The first-order valence-electron chi connectivity index (χ1n) is 5.20. The molecule has 0 spiro atoms. The zero-order valence-corrected chi connectivity index (χ0v) is 10.1. The summed E-state index contributed by atoms with van der Waals surface area (Å²) in [5.74, 6) is 1.35. The highest BCUT2D eigenvalue weighted by Crippen LogP contribution is 2.03. The Bertz CT molecular complexity index is 395. The molecular weight excluding hydrogens is 212 g/mol. The van der Waals surface area contributed by atoms with E-state index in [9.17, 15) is 8.42 Å². The maximum Gasteiger partial charge on any atom is 0.147 e. The summed E-state index contributed by atoms with van der Waals surface area (Å²) in [6.07, 6.45) is 7.53. The van der Waals surface area contributed by atoms with Crippen LogP contribution in [0.2, 0.25) is 0 Å². The molecule has 1 rings (SSSR count). The van der Waals surface area contributed by atoms with Gasteiger partial charge in [0.25, 0.3) is 0 Å². The Morgan fingerprint density at radius 1 is 1.40 bits per heavy atom. The lowest BCUT2D eigenvalue weighted by Crippen LogP contribution is -2.06. The first kappa shape index (κ1) is 12.2. The Morgan fingerprint density at radius 2 is 2.13 bits per heavy atom. The first-order chi connectivity index (χ1) is 7.03. The number of unbranched alkanes of at least 4 members (excludes halogenated alkanes) is 1. The van der Waals surface area contributed by atoms with Crippen LogP contribution in [0.1, 0.15) is 25.6 Å². The minimum absolute atomic E-state index is 0.281. The van der Waals surface area contributed by atoms with E-state index in [4.69, 9.17) is 0 Å². The third kappa shape index (κ3) is 4.46. The Kier molecular flexibility index (Phi) is 4.32. The summed E-state index contributed by atoms with van der Waals surface area (Å²) in [6.45, 7) is 2.92. The molecule has 1 aromatic rings. The Hall–Kier alpha value is -0.840. The van der Waals surface area contributed by atoms with Gasteiger partial charge in [0, 0.05) is 37.4 Å². The van der Waals surface area contributed by atoms with Gasteiger partial charge in [0.05, 0.1) is 0 Å². The van der Waals surface area contributed by atoms with Crippen LogP contribution in [0.4, 0.5) is 0 Å². The second-order valence-corrected chi connectivity index (χ2v) is 5.99. The van der Waals surface area contributed by atoms with Gasteiger partial charge in [0.2, 0.25) is 0 Å². The molecule has 86 valence electrons. The molecule has 0 unspecified atom stereocenters. The summed E-state index contributed by atoms with van der Waals surface area (Å²) in [4.78, 5) is 4.21. The van der Waals surface area contributed by atoms with Gasteiger partial charge in [0.1, 0.15) is 15.7 Å². The van der Waals surface area contributed by atoms with Crippen LogP contribution >= 0.6 is 0 Å². The molecule has 0 aliphatic rings. The molecule has 0 amide bonds. The van der Waals surface area contributed by atoms with E-state index in [0.717, 1.165) is 31.6 Å². The fourth-order valence-corrected chi connectivity index (χ4v) is 2.23. The summed E-state index contributed by atoms with van der Waals surface area (Å²) >= 11 is 0. The molecule has 1 heterocycles. The second kappa shape index (κ2) is 5.30. The monoisotopic (exact) mass is 230 g/mol. The first-order valence-corrected chi connectivity index (χ1v) is 7.26. The van der Waals surface area contributed by atoms with Gasteiger partial charge in [-0.15, -0.1) is 0 Å². The van der Waals surface area contributed by atoms with Gasteiger partial charge in [-0.1, -0.05) is 6.92 Å². The van der Waals surface area contributed by atoms with Crippen LogP contribution in [0.5, 0.6) is 0 Å². The van der Waals surface area contributed by atoms with Gasteiger partial charge in [-0.05, 0) is 12.8 Å². The lowest BCUT2D eigenvalue weighted by atomic mass is 10.3. The maximum absolute atomic E-state index is 10.9. The molecule has 0 atom stereocenters. The van der Waals surface area contributed by atoms with Crippen LogP contribution in [0, 0.1) is 0 Å². The molecular formula is C10H18N2O2S. The van der Waals surface area contributed by atoms with E-state index in [2.05, 4.69) is 16.5 Å². The van der Waals surface area contributed by atoms with Crippen molar-refractivity contribution >= 4 is 9.84 Å². The zero-order valence-electron chi connectivity index (χ0n) is 9.31. The van der Waals surface area contributed by atoms with Crippen molar-refractivity contribution in [2.45, 2.75) is 32.7 Å². The summed E-state index contributed by atoms with van der Waals surface area (Å²) in [5, 5.41) is 0. The normalized spacial score (nSPS) is 11.9. The van der Waals surface area contributed by atoms with Crippen molar-refractivity contribution in [1.29, 1.82) is 0 Å². The number of aryl methyl sites for hydroxylation is 2.